The van der Waals surface area contributed by atoms with Gasteiger partial charge in [0.1, 0.15) is 0 Å². The fourth-order valence-electron chi connectivity index (χ4n) is 1.31. The summed E-state index contributed by atoms with van der Waals surface area (Å²) in [4.78, 5) is 3.11. The van der Waals surface area contributed by atoms with Crippen LogP contribution in [-0.2, 0) is 0 Å². The lowest BCUT2D eigenvalue weighted by Gasteiger charge is -1.92. The van der Waals surface area contributed by atoms with Crippen LogP contribution >= 0.6 is 0 Å². The number of nitrogens with one attached hydrogen (secondary N) is 1. The standard InChI is InChI=1S/C11H8N2/c12-6-1-2-9-3-4-11-10(8-9)5-7-13-11/h1-5,7-8,13H. The van der Waals surface area contributed by atoms with Crippen LogP contribution in [0.4, 0.5) is 0 Å². The van der Waals surface area contributed by atoms with Gasteiger partial charge in [-0.1, -0.05) is 6.07 Å². The SMILES string of the molecule is N#CC=Cc1ccc2[nH]ccc2c1. The molecule has 0 spiro atoms. The highest BCUT2D eigenvalue weighted by Gasteiger charge is 1.93. The van der Waals surface area contributed by atoms with Crippen molar-refractivity contribution < 1.29 is 0 Å². The van der Waals surface area contributed by atoms with E-state index >= 15 is 0 Å². The third-order valence-electron chi connectivity index (χ3n) is 1.93. The predicted octanol–water partition coefficient (Wildman–Crippen LogP) is 2.70. The molecule has 0 amide bonds. The quantitative estimate of drug-likeness (QED) is 0.653. The maximum atomic E-state index is 8.36. The Bertz CT molecular complexity index is 486. The smallest absolute Gasteiger partial charge is 0.0912 e. The van der Waals surface area contributed by atoms with E-state index < -0.39 is 0 Å². The van der Waals surface area contributed by atoms with Gasteiger partial charge < -0.3 is 4.98 Å². The summed E-state index contributed by atoms with van der Waals surface area (Å²) in [6.07, 6.45) is 5.18. The maximum absolute atomic E-state index is 8.36. The Morgan fingerprint density at radius 1 is 1.31 bits per heavy atom. The minimum Gasteiger partial charge on any atom is -0.361 e. The van der Waals surface area contributed by atoms with Crippen LogP contribution in [0.25, 0.3) is 17.0 Å². The van der Waals surface area contributed by atoms with E-state index in [2.05, 4.69) is 4.98 Å². The lowest BCUT2D eigenvalue weighted by Crippen LogP contribution is -1.71. The number of hydrogen-bond donors (Lipinski definition) is 1. The van der Waals surface area contributed by atoms with Crippen LogP contribution in [0.2, 0.25) is 0 Å². The van der Waals surface area contributed by atoms with E-state index in [1.165, 1.54) is 11.5 Å². The van der Waals surface area contributed by atoms with Crippen LogP contribution in [-0.4, -0.2) is 4.98 Å². The van der Waals surface area contributed by atoms with Gasteiger partial charge >= 0.3 is 0 Å². The third-order valence-corrected chi connectivity index (χ3v) is 1.93. The van der Waals surface area contributed by atoms with Gasteiger partial charge in [0.25, 0.3) is 0 Å². The number of nitriles is 1. The number of nitrogens with zero attached hydrogens (tertiary/aromatic N) is 1. The van der Waals surface area contributed by atoms with Crippen molar-refractivity contribution in [3.05, 3.63) is 42.1 Å². The lowest BCUT2D eigenvalue weighted by atomic mass is 10.1. The number of hydrogen-bond acceptors (Lipinski definition) is 1. The van der Waals surface area contributed by atoms with E-state index in [1.54, 1.807) is 6.08 Å². The molecule has 1 N–H and O–H groups in total. The van der Waals surface area contributed by atoms with Crippen LogP contribution in [0.5, 0.6) is 0 Å². The second-order valence-electron chi connectivity index (χ2n) is 2.79. The molecule has 1 heterocycles. The molecule has 2 aromatic rings. The van der Waals surface area contributed by atoms with Gasteiger partial charge in [-0.15, -0.1) is 0 Å². The van der Waals surface area contributed by atoms with Gasteiger partial charge in [-0.25, -0.2) is 0 Å². The molecule has 2 nitrogen and oxygen atoms in total. The van der Waals surface area contributed by atoms with E-state index in [9.17, 15) is 0 Å². The molecule has 0 atom stereocenters. The Morgan fingerprint density at radius 3 is 3.08 bits per heavy atom. The van der Waals surface area contributed by atoms with Crippen molar-refractivity contribution in [3.63, 3.8) is 0 Å². The number of H-pyrrole nitrogens is 1. The first-order valence-electron chi connectivity index (χ1n) is 4.03. The highest BCUT2D eigenvalue weighted by atomic mass is 14.7. The Labute approximate surface area is 76.1 Å². The summed E-state index contributed by atoms with van der Waals surface area (Å²) in [6.45, 7) is 0. The van der Waals surface area contributed by atoms with E-state index in [1.807, 2.05) is 36.5 Å². The molecular weight excluding hydrogens is 160 g/mol. The molecule has 2 heteroatoms. The molecule has 62 valence electrons. The molecule has 0 aliphatic heterocycles. The summed E-state index contributed by atoms with van der Waals surface area (Å²) < 4.78 is 0. The summed E-state index contributed by atoms with van der Waals surface area (Å²) in [7, 11) is 0. The van der Waals surface area contributed by atoms with E-state index in [0.29, 0.717) is 0 Å². The molecule has 0 aliphatic carbocycles. The first-order chi connectivity index (χ1) is 6.40. The second-order valence-corrected chi connectivity index (χ2v) is 2.79. The Kier molecular flexibility index (Phi) is 1.85. The minimum atomic E-state index is 1.05. The van der Waals surface area contributed by atoms with E-state index in [-0.39, 0.29) is 0 Å². The summed E-state index contributed by atoms with van der Waals surface area (Å²) in [5, 5.41) is 9.52. The Morgan fingerprint density at radius 2 is 2.23 bits per heavy atom. The summed E-state index contributed by atoms with van der Waals surface area (Å²) >= 11 is 0. The van der Waals surface area contributed by atoms with Crippen LogP contribution < -0.4 is 0 Å². The molecule has 0 aliphatic rings. The number of aromatic nitrogens is 1. The van der Waals surface area contributed by atoms with Crippen molar-refractivity contribution in [2.45, 2.75) is 0 Å². The third kappa shape index (κ3) is 1.45. The highest BCUT2D eigenvalue weighted by Crippen LogP contribution is 2.14. The van der Waals surface area contributed by atoms with Crippen molar-refractivity contribution in [2.75, 3.05) is 0 Å². The van der Waals surface area contributed by atoms with Gasteiger partial charge in [0, 0.05) is 17.8 Å². The topological polar surface area (TPSA) is 39.6 Å². The zero-order valence-corrected chi connectivity index (χ0v) is 6.99. The van der Waals surface area contributed by atoms with Crippen LogP contribution in [0, 0.1) is 11.3 Å². The number of allylic oxidation sites excluding steroid dienone is 1. The predicted molar refractivity (Wildman–Crippen MR) is 52.9 cm³/mol. The molecule has 0 bridgehead atoms. The summed E-state index contributed by atoms with van der Waals surface area (Å²) in [5.74, 6) is 0. The average molecular weight is 168 g/mol. The maximum Gasteiger partial charge on any atom is 0.0912 e. The zero-order valence-electron chi connectivity index (χ0n) is 6.99. The molecule has 0 unspecified atom stereocenters. The van der Waals surface area contributed by atoms with Crippen molar-refractivity contribution in [3.8, 4) is 6.07 Å². The van der Waals surface area contributed by atoms with E-state index in [0.717, 1.165) is 11.1 Å². The number of fused-ring (bicyclic) bond motifs is 1. The molecule has 13 heavy (non-hydrogen) atoms. The van der Waals surface area contributed by atoms with Gasteiger partial charge in [0.15, 0.2) is 0 Å². The fraction of sp³-hybridized carbons (Fsp3) is 0. The molecule has 0 saturated heterocycles. The van der Waals surface area contributed by atoms with Crippen molar-refractivity contribution in [1.82, 2.24) is 4.98 Å². The van der Waals surface area contributed by atoms with Gasteiger partial charge in [0.05, 0.1) is 6.07 Å². The molecule has 0 radical (unpaired) electrons. The van der Waals surface area contributed by atoms with Crippen molar-refractivity contribution >= 4 is 17.0 Å². The number of aromatic amines is 1. The molecule has 0 fully saturated rings. The molecule has 1 aromatic heterocycles. The van der Waals surface area contributed by atoms with Crippen molar-refractivity contribution in [2.24, 2.45) is 0 Å². The van der Waals surface area contributed by atoms with Crippen molar-refractivity contribution in [1.29, 1.82) is 5.26 Å². The first kappa shape index (κ1) is 7.63. The van der Waals surface area contributed by atoms with Gasteiger partial charge in [-0.3, -0.25) is 0 Å². The van der Waals surface area contributed by atoms with Crippen LogP contribution in [0.1, 0.15) is 5.56 Å². The molecular formula is C11H8N2. The Balaban J connectivity index is 2.49. The van der Waals surface area contributed by atoms with Crippen LogP contribution in [0.15, 0.2) is 36.5 Å². The van der Waals surface area contributed by atoms with Gasteiger partial charge in [-0.05, 0) is 35.2 Å². The second kappa shape index (κ2) is 3.16. The zero-order chi connectivity index (χ0) is 9.10. The highest BCUT2D eigenvalue weighted by molar-refractivity contribution is 5.81. The molecule has 0 saturated carbocycles. The van der Waals surface area contributed by atoms with Crippen LogP contribution in [0.3, 0.4) is 0 Å². The minimum absolute atomic E-state index is 1.05. The molecule has 1 aromatic carbocycles. The first-order valence-corrected chi connectivity index (χ1v) is 4.03. The summed E-state index contributed by atoms with van der Waals surface area (Å²) in [5.41, 5.74) is 2.17. The lowest BCUT2D eigenvalue weighted by molar-refractivity contribution is 1.48. The molecule has 2 rings (SSSR count). The largest absolute Gasteiger partial charge is 0.361 e. The van der Waals surface area contributed by atoms with Gasteiger partial charge in [-0.2, -0.15) is 5.26 Å². The normalized spacial score (nSPS) is 10.7. The van der Waals surface area contributed by atoms with Gasteiger partial charge in [0.2, 0.25) is 0 Å². The number of benzene rings is 1. The monoisotopic (exact) mass is 168 g/mol. The summed E-state index contributed by atoms with van der Waals surface area (Å²) in [6, 6.07) is 10.0. The van der Waals surface area contributed by atoms with E-state index in [4.69, 9.17) is 5.26 Å². The fourth-order valence-corrected chi connectivity index (χ4v) is 1.31. The Hall–Kier alpha value is -2.01. The number of rotatable bonds is 1. The average Bonchev–Trinajstić information content (AvgIpc) is 2.61.